The van der Waals surface area contributed by atoms with E-state index in [2.05, 4.69) is 10.1 Å². The predicted octanol–water partition coefficient (Wildman–Crippen LogP) is 4.70. The third-order valence-electron chi connectivity index (χ3n) is 4.51. The zero-order valence-electron chi connectivity index (χ0n) is 16.1. The lowest BCUT2D eigenvalue weighted by atomic mass is 10.2. The van der Waals surface area contributed by atoms with Crippen LogP contribution >= 0.6 is 11.6 Å². The lowest BCUT2D eigenvalue weighted by Crippen LogP contribution is -2.20. The summed E-state index contributed by atoms with van der Waals surface area (Å²) in [7, 11) is 0. The molecule has 6 nitrogen and oxygen atoms in total. The van der Waals surface area contributed by atoms with Gasteiger partial charge >= 0.3 is 0 Å². The molecule has 0 aliphatic rings. The number of hydrogen-bond acceptors (Lipinski definition) is 5. The van der Waals surface area contributed by atoms with Gasteiger partial charge in [0, 0.05) is 11.1 Å². The molecule has 0 bridgehead atoms. The van der Waals surface area contributed by atoms with Crippen LogP contribution in [-0.2, 0) is 0 Å². The summed E-state index contributed by atoms with van der Waals surface area (Å²) in [6.45, 7) is 2.25. The zero-order chi connectivity index (χ0) is 21.1. The van der Waals surface area contributed by atoms with Crippen LogP contribution in [0.1, 0.15) is 12.5 Å². The Labute approximate surface area is 177 Å². The lowest BCUT2D eigenvalue weighted by Gasteiger charge is -2.11. The highest BCUT2D eigenvalue weighted by Crippen LogP contribution is 2.29. The summed E-state index contributed by atoms with van der Waals surface area (Å²) in [6, 6.07) is 19.2. The molecular formula is C23H18ClN3O3. The van der Waals surface area contributed by atoms with Gasteiger partial charge in [-0.1, -0.05) is 41.9 Å². The molecule has 0 radical (unpaired) electrons. The number of benzene rings is 3. The van der Waals surface area contributed by atoms with E-state index in [0.717, 1.165) is 0 Å². The molecule has 150 valence electrons. The monoisotopic (exact) mass is 419 g/mol. The molecule has 0 saturated carbocycles. The van der Waals surface area contributed by atoms with E-state index in [-0.39, 0.29) is 11.3 Å². The van der Waals surface area contributed by atoms with Crippen molar-refractivity contribution >= 4 is 28.7 Å². The van der Waals surface area contributed by atoms with Crippen LogP contribution in [0.25, 0.3) is 22.3 Å². The fourth-order valence-electron chi connectivity index (χ4n) is 3.08. The van der Waals surface area contributed by atoms with Gasteiger partial charge in [0.25, 0.3) is 5.56 Å². The second-order valence-corrected chi connectivity index (χ2v) is 6.83. The van der Waals surface area contributed by atoms with Crippen molar-refractivity contribution in [1.29, 1.82) is 0 Å². The first-order valence-electron chi connectivity index (χ1n) is 9.36. The van der Waals surface area contributed by atoms with Crippen LogP contribution in [0.2, 0.25) is 5.02 Å². The maximum Gasteiger partial charge on any atom is 0.282 e. The highest BCUT2D eigenvalue weighted by Gasteiger charge is 2.15. The summed E-state index contributed by atoms with van der Waals surface area (Å²) < 4.78 is 6.60. The number of ether oxygens (including phenoxy) is 1. The molecule has 0 spiro atoms. The second-order valence-electron chi connectivity index (χ2n) is 6.42. The molecule has 4 rings (SSSR count). The molecule has 0 aliphatic carbocycles. The first kappa shape index (κ1) is 19.7. The Kier molecular flexibility index (Phi) is 5.50. The smallest absolute Gasteiger partial charge is 0.282 e. The Morgan fingerprint density at radius 3 is 2.67 bits per heavy atom. The summed E-state index contributed by atoms with van der Waals surface area (Å²) in [4.78, 5) is 17.8. The first-order valence-corrected chi connectivity index (χ1v) is 9.73. The number of aromatic hydroxyl groups is 1. The Bertz CT molecular complexity index is 1310. The van der Waals surface area contributed by atoms with Gasteiger partial charge in [-0.05, 0) is 43.3 Å². The number of nitrogens with zero attached hydrogens (tertiary/aromatic N) is 3. The molecule has 3 aromatic carbocycles. The van der Waals surface area contributed by atoms with Gasteiger partial charge in [-0.15, -0.1) is 0 Å². The van der Waals surface area contributed by atoms with Gasteiger partial charge in [0.2, 0.25) is 0 Å². The maximum absolute atomic E-state index is 13.2. The van der Waals surface area contributed by atoms with Gasteiger partial charge in [0.1, 0.15) is 0 Å². The summed E-state index contributed by atoms with van der Waals surface area (Å²) in [5.41, 5.74) is 1.19. The van der Waals surface area contributed by atoms with E-state index in [0.29, 0.717) is 45.2 Å². The number of phenolic OH excluding ortho intramolecular Hbond substituents is 1. The fraction of sp³-hybridized carbons (Fsp3) is 0.0870. The highest BCUT2D eigenvalue weighted by molar-refractivity contribution is 6.33. The zero-order valence-corrected chi connectivity index (χ0v) is 16.9. The molecule has 1 N–H and O–H groups in total. The first-order chi connectivity index (χ1) is 14.6. The van der Waals surface area contributed by atoms with Crippen LogP contribution < -0.4 is 10.3 Å². The molecule has 7 heteroatoms. The number of phenols is 1. The average molecular weight is 420 g/mol. The molecule has 0 fully saturated rings. The van der Waals surface area contributed by atoms with E-state index in [1.165, 1.54) is 10.9 Å². The highest BCUT2D eigenvalue weighted by atomic mass is 35.5. The number of aromatic nitrogens is 2. The number of halogens is 1. The fourth-order valence-corrected chi connectivity index (χ4v) is 3.30. The molecule has 0 amide bonds. The van der Waals surface area contributed by atoms with Gasteiger partial charge in [-0.3, -0.25) is 4.79 Å². The molecule has 0 aliphatic heterocycles. The third kappa shape index (κ3) is 3.65. The van der Waals surface area contributed by atoms with Crippen molar-refractivity contribution in [3.8, 4) is 22.9 Å². The van der Waals surface area contributed by atoms with Gasteiger partial charge in [-0.25, -0.2) is 4.98 Å². The van der Waals surface area contributed by atoms with Crippen LogP contribution in [0.3, 0.4) is 0 Å². The normalized spacial score (nSPS) is 11.3. The predicted molar refractivity (Wildman–Crippen MR) is 119 cm³/mol. The quantitative estimate of drug-likeness (QED) is 0.475. The number of para-hydroxylation sites is 2. The topological polar surface area (TPSA) is 76.7 Å². The molecule has 1 aromatic heterocycles. The van der Waals surface area contributed by atoms with Crippen molar-refractivity contribution < 1.29 is 9.84 Å². The summed E-state index contributed by atoms with van der Waals surface area (Å²) in [5, 5.41) is 15.7. The SMILES string of the molecule is CCOc1cccc(C=Nn2c(-c3ccccc3Cl)nc3ccccc3c2=O)c1O. The van der Waals surface area contributed by atoms with E-state index in [4.69, 9.17) is 16.3 Å². The Morgan fingerprint density at radius 1 is 1.10 bits per heavy atom. The number of fused-ring (bicyclic) bond motifs is 1. The molecular weight excluding hydrogens is 402 g/mol. The summed E-state index contributed by atoms with van der Waals surface area (Å²) >= 11 is 6.37. The van der Waals surface area contributed by atoms with Crippen molar-refractivity contribution in [3.05, 3.63) is 87.7 Å². The molecule has 0 saturated heterocycles. The van der Waals surface area contributed by atoms with Crippen molar-refractivity contribution in [2.75, 3.05) is 6.61 Å². The third-order valence-corrected chi connectivity index (χ3v) is 4.84. The van der Waals surface area contributed by atoms with E-state index in [1.54, 1.807) is 54.6 Å². The minimum Gasteiger partial charge on any atom is -0.504 e. The number of rotatable bonds is 5. The van der Waals surface area contributed by atoms with E-state index < -0.39 is 0 Å². The van der Waals surface area contributed by atoms with Gasteiger partial charge in [0.05, 0.1) is 28.7 Å². The summed E-state index contributed by atoms with van der Waals surface area (Å²) in [6.07, 6.45) is 1.40. The van der Waals surface area contributed by atoms with Crippen molar-refractivity contribution in [2.24, 2.45) is 5.10 Å². The van der Waals surface area contributed by atoms with Gasteiger partial charge < -0.3 is 9.84 Å². The Morgan fingerprint density at radius 2 is 1.87 bits per heavy atom. The second kappa shape index (κ2) is 8.39. The lowest BCUT2D eigenvalue weighted by molar-refractivity contribution is 0.318. The summed E-state index contributed by atoms with van der Waals surface area (Å²) in [5.74, 6) is 0.599. The van der Waals surface area contributed by atoms with Crippen molar-refractivity contribution in [1.82, 2.24) is 9.66 Å². The average Bonchev–Trinajstić information content (AvgIpc) is 2.76. The van der Waals surface area contributed by atoms with E-state index in [9.17, 15) is 9.90 Å². The largest absolute Gasteiger partial charge is 0.504 e. The van der Waals surface area contributed by atoms with Crippen LogP contribution in [0.5, 0.6) is 11.5 Å². The minimum atomic E-state index is -0.341. The van der Waals surface area contributed by atoms with E-state index >= 15 is 0 Å². The standard InChI is InChI=1S/C23H18ClN3O3/c1-2-30-20-13-7-8-15(21(20)28)14-25-27-22(16-9-3-5-11-18(16)24)26-19-12-6-4-10-17(19)23(27)29/h3-14,28H,2H2,1H3. The Balaban J connectivity index is 1.92. The molecule has 4 aromatic rings. The van der Waals surface area contributed by atoms with Crippen LogP contribution in [0, 0.1) is 0 Å². The minimum absolute atomic E-state index is 0.0517. The van der Waals surface area contributed by atoms with Gasteiger partial charge in [0.15, 0.2) is 17.3 Å². The van der Waals surface area contributed by atoms with Crippen molar-refractivity contribution in [2.45, 2.75) is 6.92 Å². The van der Waals surface area contributed by atoms with Gasteiger partial charge in [-0.2, -0.15) is 9.78 Å². The maximum atomic E-state index is 13.2. The molecule has 1 heterocycles. The van der Waals surface area contributed by atoms with Crippen LogP contribution in [-0.4, -0.2) is 27.6 Å². The molecule has 0 atom stereocenters. The Hall–Kier alpha value is -3.64. The van der Waals surface area contributed by atoms with Crippen LogP contribution in [0.4, 0.5) is 0 Å². The molecule has 0 unspecified atom stereocenters. The van der Waals surface area contributed by atoms with Crippen molar-refractivity contribution in [3.63, 3.8) is 0 Å². The van der Waals surface area contributed by atoms with E-state index in [1.807, 2.05) is 19.1 Å². The molecule has 30 heavy (non-hydrogen) atoms. The number of hydrogen-bond donors (Lipinski definition) is 1. The van der Waals surface area contributed by atoms with Crippen LogP contribution in [0.15, 0.2) is 76.6 Å².